The summed E-state index contributed by atoms with van der Waals surface area (Å²) in [5, 5.41) is 16.8. The van der Waals surface area contributed by atoms with E-state index in [1.807, 2.05) is 0 Å². The number of anilines is 2. The maximum atomic E-state index is 12.9. The highest BCUT2D eigenvalue weighted by molar-refractivity contribution is 9.10. The molecule has 0 unspecified atom stereocenters. The first-order valence-corrected chi connectivity index (χ1v) is 9.26. The molecule has 0 bridgehead atoms. The van der Waals surface area contributed by atoms with Gasteiger partial charge in [-0.05, 0) is 25.0 Å². The normalized spacial score (nSPS) is 13.1. The third-order valence-corrected chi connectivity index (χ3v) is 4.57. The average molecular weight is 472 g/mol. The molecule has 0 heterocycles. The second kappa shape index (κ2) is 8.60. The lowest BCUT2D eigenvalue weighted by Gasteiger charge is -2.17. The third-order valence-electron chi connectivity index (χ3n) is 4.08. The minimum Gasteiger partial charge on any atom is -0.496 e. The Morgan fingerprint density at radius 2 is 1.97 bits per heavy atom. The molecule has 1 fully saturated rings. The number of carbonyl (C=O) groups excluding carboxylic acids is 1. The number of benzene rings is 2. The van der Waals surface area contributed by atoms with E-state index in [0.29, 0.717) is 4.47 Å². The SMILES string of the molecule is COc1cc(Nc2ccc(Br)cc2[N+](=O)[O-])cc(OC(F)F)c1C(=O)NC1CC1. The fraction of sp³-hybridized carbons (Fsp3) is 0.278. The zero-order valence-electron chi connectivity index (χ0n) is 15.1. The molecule has 8 nitrogen and oxygen atoms in total. The highest BCUT2D eigenvalue weighted by Crippen LogP contribution is 2.38. The smallest absolute Gasteiger partial charge is 0.387 e. The first-order chi connectivity index (χ1) is 13.8. The largest absolute Gasteiger partial charge is 0.496 e. The number of ether oxygens (including phenoxy) is 2. The highest BCUT2D eigenvalue weighted by atomic mass is 79.9. The molecule has 2 aromatic carbocycles. The van der Waals surface area contributed by atoms with E-state index in [4.69, 9.17) is 4.74 Å². The molecule has 0 aromatic heterocycles. The number of halogens is 3. The minimum atomic E-state index is -3.18. The van der Waals surface area contributed by atoms with Crippen LogP contribution in [-0.4, -0.2) is 30.6 Å². The van der Waals surface area contributed by atoms with Gasteiger partial charge in [0.1, 0.15) is 22.7 Å². The summed E-state index contributed by atoms with van der Waals surface area (Å²) in [6.07, 6.45) is 1.62. The van der Waals surface area contributed by atoms with Gasteiger partial charge in [-0.25, -0.2) is 0 Å². The van der Waals surface area contributed by atoms with E-state index in [0.717, 1.165) is 12.8 Å². The first kappa shape index (κ1) is 20.8. The standard InChI is InChI=1S/C18H16BrF2N3O5/c1-28-14-7-11(22-12-5-2-9(19)6-13(12)24(26)27)8-15(29-18(20)21)16(14)17(25)23-10-3-4-10/h2,5-8,10,18,22H,3-4H2,1H3,(H,23,25). The number of methoxy groups -OCH3 is 1. The molecule has 3 rings (SSSR count). The lowest BCUT2D eigenvalue weighted by Crippen LogP contribution is -2.26. The number of amides is 1. The maximum Gasteiger partial charge on any atom is 0.387 e. The fourth-order valence-corrected chi connectivity index (χ4v) is 2.99. The van der Waals surface area contributed by atoms with Crippen molar-refractivity contribution in [3.63, 3.8) is 0 Å². The van der Waals surface area contributed by atoms with Crippen molar-refractivity contribution in [2.75, 3.05) is 12.4 Å². The Bertz CT molecular complexity index is 953. The zero-order valence-corrected chi connectivity index (χ0v) is 16.7. The van der Waals surface area contributed by atoms with Crippen molar-refractivity contribution in [2.24, 2.45) is 0 Å². The van der Waals surface area contributed by atoms with Crippen molar-refractivity contribution in [1.82, 2.24) is 5.32 Å². The maximum absolute atomic E-state index is 12.9. The van der Waals surface area contributed by atoms with Crippen molar-refractivity contribution in [3.05, 3.63) is 50.5 Å². The van der Waals surface area contributed by atoms with Gasteiger partial charge in [0, 0.05) is 34.4 Å². The molecule has 0 atom stereocenters. The Labute approximate surface area is 172 Å². The van der Waals surface area contributed by atoms with Crippen LogP contribution in [0.1, 0.15) is 23.2 Å². The molecule has 1 aliphatic carbocycles. The van der Waals surface area contributed by atoms with Crippen LogP contribution in [-0.2, 0) is 0 Å². The molecule has 0 aliphatic heterocycles. The summed E-state index contributed by atoms with van der Waals surface area (Å²) in [4.78, 5) is 23.2. The van der Waals surface area contributed by atoms with Crippen LogP contribution in [0.4, 0.5) is 25.8 Å². The summed E-state index contributed by atoms with van der Waals surface area (Å²) in [7, 11) is 1.28. The Balaban J connectivity index is 2.01. The van der Waals surface area contributed by atoms with E-state index in [-0.39, 0.29) is 34.4 Å². The van der Waals surface area contributed by atoms with Gasteiger partial charge in [0.25, 0.3) is 11.6 Å². The molecule has 1 amide bonds. The van der Waals surface area contributed by atoms with Gasteiger partial charge in [0.05, 0.1) is 12.0 Å². The number of hydrogen-bond donors (Lipinski definition) is 2. The van der Waals surface area contributed by atoms with E-state index < -0.39 is 23.2 Å². The summed E-state index contributed by atoms with van der Waals surface area (Å²) in [5.41, 5.74) is -0.106. The molecule has 2 N–H and O–H groups in total. The summed E-state index contributed by atoms with van der Waals surface area (Å²) in [6.45, 7) is -3.18. The monoisotopic (exact) mass is 471 g/mol. The highest BCUT2D eigenvalue weighted by Gasteiger charge is 2.29. The number of nitrogens with zero attached hydrogens (tertiary/aromatic N) is 1. The van der Waals surface area contributed by atoms with Gasteiger partial charge in [0.2, 0.25) is 0 Å². The lowest BCUT2D eigenvalue weighted by molar-refractivity contribution is -0.384. The first-order valence-electron chi connectivity index (χ1n) is 8.47. The molecule has 1 aliphatic rings. The summed E-state index contributed by atoms with van der Waals surface area (Å²) in [5.74, 6) is -1.01. The second-order valence-electron chi connectivity index (χ2n) is 6.22. The number of hydrogen-bond acceptors (Lipinski definition) is 6. The Kier molecular flexibility index (Phi) is 6.16. The predicted molar refractivity (Wildman–Crippen MR) is 104 cm³/mol. The summed E-state index contributed by atoms with van der Waals surface area (Å²) >= 11 is 3.16. The Morgan fingerprint density at radius 3 is 2.55 bits per heavy atom. The van der Waals surface area contributed by atoms with Crippen molar-refractivity contribution in [3.8, 4) is 11.5 Å². The number of nitrogens with one attached hydrogen (secondary N) is 2. The van der Waals surface area contributed by atoms with Crippen LogP contribution in [0.15, 0.2) is 34.8 Å². The van der Waals surface area contributed by atoms with Crippen LogP contribution in [0.25, 0.3) is 0 Å². The zero-order chi connectivity index (χ0) is 21.1. The van der Waals surface area contributed by atoms with Crippen LogP contribution in [0, 0.1) is 10.1 Å². The van der Waals surface area contributed by atoms with E-state index in [2.05, 4.69) is 31.3 Å². The molecule has 0 radical (unpaired) electrons. The molecule has 29 heavy (non-hydrogen) atoms. The number of alkyl halides is 2. The van der Waals surface area contributed by atoms with Gasteiger partial charge in [-0.1, -0.05) is 15.9 Å². The Morgan fingerprint density at radius 1 is 1.28 bits per heavy atom. The second-order valence-corrected chi connectivity index (χ2v) is 7.14. The minimum absolute atomic E-state index is 0.00479. The topological polar surface area (TPSA) is 103 Å². The van der Waals surface area contributed by atoms with Crippen molar-refractivity contribution >= 4 is 38.9 Å². The summed E-state index contributed by atoms with van der Waals surface area (Å²) in [6, 6.07) is 6.88. The van der Waals surface area contributed by atoms with Crippen molar-refractivity contribution in [1.29, 1.82) is 0 Å². The number of nitro groups is 1. The summed E-state index contributed by atoms with van der Waals surface area (Å²) < 4.78 is 36.1. The van der Waals surface area contributed by atoms with Gasteiger partial charge < -0.3 is 20.1 Å². The Hall–Kier alpha value is -2.95. The average Bonchev–Trinajstić information content (AvgIpc) is 3.45. The van der Waals surface area contributed by atoms with Gasteiger partial charge in [0.15, 0.2) is 0 Å². The third kappa shape index (κ3) is 5.11. The van der Waals surface area contributed by atoms with E-state index in [1.165, 1.54) is 31.4 Å². The molecular formula is C18H16BrF2N3O5. The van der Waals surface area contributed by atoms with Gasteiger partial charge >= 0.3 is 6.61 Å². The van der Waals surface area contributed by atoms with E-state index >= 15 is 0 Å². The molecular weight excluding hydrogens is 456 g/mol. The van der Waals surface area contributed by atoms with Crippen molar-refractivity contribution < 1.29 is 28.0 Å². The van der Waals surface area contributed by atoms with Gasteiger partial charge in [-0.3, -0.25) is 14.9 Å². The predicted octanol–water partition coefficient (Wildman–Crippen LogP) is 4.60. The van der Waals surface area contributed by atoms with E-state index in [9.17, 15) is 23.7 Å². The molecule has 2 aromatic rings. The fourth-order valence-electron chi connectivity index (χ4n) is 2.64. The molecule has 154 valence electrons. The van der Waals surface area contributed by atoms with Gasteiger partial charge in [-0.15, -0.1) is 0 Å². The molecule has 1 saturated carbocycles. The van der Waals surface area contributed by atoms with Crippen LogP contribution in [0.2, 0.25) is 0 Å². The number of carbonyl (C=O) groups is 1. The van der Waals surface area contributed by atoms with Crippen LogP contribution in [0.5, 0.6) is 11.5 Å². The molecule has 11 heteroatoms. The quantitative estimate of drug-likeness (QED) is 0.430. The molecule has 0 spiro atoms. The van der Waals surface area contributed by atoms with Crippen LogP contribution in [0.3, 0.4) is 0 Å². The number of nitro benzene ring substituents is 1. The molecule has 0 saturated heterocycles. The lowest BCUT2D eigenvalue weighted by atomic mass is 10.1. The van der Waals surface area contributed by atoms with Crippen molar-refractivity contribution in [2.45, 2.75) is 25.5 Å². The van der Waals surface area contributed by atoms with Crippen LogP contribution < -0.4 is 20.1 Å². The number of rotatable bonds is 8. The van der Waals surface area contributed by atoms with E-state index in [1.54, 1.807) is 6.07 Å². The van der Waals surface area contributed by atoms with Gasteiger partial charge in [-0.2, -0.15) is 8.78 Å². The van der Waals surface area contributed by atoms with Crippen LogP contribution >= 0.6 is 15.9 Å².